The van der Waals surface area contributed by atoms with Crippen LogP contribution in [0.5, 0.6) is 5.75 Å². The lowest BCUT2D eigenvalue weighted by Gasteiger charge is -2.27. The molecule has 33 heavy (non-hydrogen) atoms. The monoisotopic (exact) mass is 483 g/mol. The average molecular weight is 484 g/mol. The molecule has 1 heterocycles. The van der Waals surface area contributed by atoms with Crippen LogP contribution in [0.2, 0.25) is 5.02 Å². The molecule has 0 saturated carbocycles. The van der Waals surface area contributed by atoms with Gasteiger partial charge in [0.1, 0.15) is 10.7 Å². The van der Waals surface area contributed by atoms with Crippen molar-refractivity contribution in [3.8, 4) is 5.75 Å². The van der Waals surface area contributed by atoms with Crippen molar-refractivity contribution in [1.82, 2.24) is 4.90 Å². The van der Waals surface area contributed by atoms with Crippen LogP contribution in [0.25, 0.3) is 0 Å². The van der Waals surface area contributed by atoms with Gasteiger partial charge in [0.05, 0.1) is 18.0 Å². The van der Waals surface area contributed by atoms with Gasteiger partial charge < -0.3 is 14.7 Å². The molecule has 1 N–H and O–H groups in total. The van der Waals surface area contributed by atoms with E-state index >= 15 is 0 Å². The largest absolute Gasteiger partial charge is 0.502 e. The summed E-state index contributed by atoms with van der Waals surface area (Å²) in [5.41, 5.74) is 2.33. The molecule has 1 aliphatic rings. The van der Waals surface area contributed by atoms with Gasteiger partial charge in [-0.1, -0.05) is 53.6 Å². The van der Waals surface area contributed by atoms with Crippen LogP contribution in [-0.4, -0.2) is 31.4 Å². The number of rotatable bonds is 6. The summed E-state index contributed by atoms with van der Waals surface area (Å²) in [5.74, 6) is -0.860. The molecule has 3 aromatic rings. The summed E-state index contributed by atoms with van der Waals surface area (Å²) < 4.78 is 32.3. The number of nitrogens with zero attached hydrogens (tertiary/aromatic N) is 1. The number of carbonyl (C=O) groups excluding carboxylic acids is 1. The predicted molar refractivity (Wildman–Crippen MR) is 126 cm³/mol. The Hall–Kier alpha value is -3.29. The Morgan fingerprint density at radius 3 is 2.15 bits per heavy atom. The van der Waals surface area contributed by atoms with Gasteiger partial charge in [0, 0.05) is 11.6 Å². The second-order valence-corrected chi connectivity index (χ2v) is 10.1. The van der Waals surface area contributed by atoms with E-state index < -0.39 is 27.5 Å². The maximum atomic E-state index is 13.6. The zero-order valence-electron chi connectivity index (χ0n) is 18.0. The molecular formula is C25H22ClNO5S. The minimum atomic E-state index is -4.19. The Kier molecular flexibility index (Phi) is 6.19. The molecule has 1 aliphatic heterocycles. The lowest BCUT2D eigenvalue weighted by atomic mass is 10.0. The Balaban J connectivity index is 1.82. The molecule has 0 aromatic heterocycles. The molecule has 170 valence electrons. The molecule has 1 atom stereocenters. The standard InChI is InChI=1S/C25H22ClNO5S/c1-16-3-7-18(8-4-16)22-24(33(30,31)21-13-9-19(26)10-14-21)23(28)25(29)27(22)15-17-5-11-20(32-2)12-6-17/h3-14,22,28H,15H2,1-2H3/t22-/m1/s1. The molecule has 0 radical (unpaired) electrons. The number of hydrogen-bond donors (Lipinski definition) is 1. The summed E-state index contributed by atoms with van der Waals surface area (Å²) in [7, 11) is -2.63. The van der Waals surface area contributed by atoms with Crippen molar-refractivity contribution in [1.29, 1.82) is 0 Å². The third-order valence-electron chi connectivity index (χ3n) is 5.58. The van der Waals surface area contributed by atoms with Crippen LogP contribution in [0.1, 0.15) is 22.7 Å². The molecule has 0 bridgehead atoms. The van der Waals surface area contributed by atoms with E-state index in [2.05, 4.69) is 0 Å². The zero-order valence-corrected chi connectivity index (χ0v) is 19.6. The molecular weight excluding hydrogens is 462 g/mol. The minimum absolute atomic E-state index is 0.0512. The van der Waals surface area contributed by atoms with Crippen molar-refractivity contribution in [3.63, 3.8) is 0 Å². The number of methoxy groups -OCH3 is 1. The first-order valence-electron chi connectivity index (χ1n) is 10.2. The van der Waals surface area contributed by atoms with Gasteiger partial charge in [0.25, 0.3) is 5.91 Å². The van der Waals surface area contributed by atoms with Gasteiger partial charge in [-0.2, -0.15) is 0 Å². The molecule has 0 unspecified atom stereocenters. The smallest absolute Gasteiger partial charge is 0.290 e. The van der Waals surface area contributed by atoms with E-state index in [9.17, 15) is 18.3 Å². The third kappa shape index (κ3) is 4.34. The van der Waals surface area contributed by atoms with Gasteiger partial charge in [-0.15, -0.1) is 0 Å². The maximum absolute atomic E-state index is 13.6. The highest BCUT2D eigenvalue weighted by molar-refractivity contribution is 7.95. The number of carbonyl (C=O) groups is 1. The van der Waals surface area contributed by atoms with Gasteiger partial charge in [0.2, 0.25) is 9.84 Å². The summed E-state index contributed by atoms with van der Waals surface area (Å²) in [5, 5.41) is 11.2. The fourth-order valence-corrected chi connectivity index (χ4v) is 5.59. The number of aliphatic hydroxyl groups is 1. The highest BCUT2D eigenvalue weighted by atomic mass is 35.5. The summed E-state index contributed by atoms with van der Waals surface area (Å²) in [6.07, 6.45) is 0. The van der Waals surface area contributed by atoms with Gasteiger partial charge in [0.15, 0.2) is 5.76 Å². The molecule has 4 rings (SSSR count). The summed E-state index contributed by atoms with van der Waals surface area (Å²) >= 11 is 5.92. The molecule has 0 fully saturated rings. The number of aryl methyl sites for hydroxylation is 1. The summed E-state index contributed by atoms with van der Waals surface area (Å²) in [6, 6.07) is 19.0. The Morgan fingerprint density at radius 1 is 0.970 bits per heavy atom. The van der Waals surface area contributed by atoms with E-state index in [0.29, 0.717) is 16.3 Å². The van der Waals surface area contributed by atoms with Crippen molar-refractivity contribution < 1.29 is 23.1 Å². The van der Waals surface area contributed by atoms with Gasteiger partial charge in [-0.05, 0) is 54.4 Å². The summed E-state index contributed by atoms with van der Waals surface area (Å²) in [4.78, 5) is 14.1. The summed E-state index contributed by atoms with van der Waals surface area (Å²) in [6.45, 7) is 2.02. The Bertz CT molecular complexity index is 1310. The fourth-order valence-electron chi connectivity index (χ4n) is 3.82. The SMILES string of the molecule is COc1ccc(CN2C(=O)C(O)=C(S(=O)(=O)c3ccc(Cl)cc3)[C@H]2c2ccc(C)cc2)cc1. The Morgan fingerprint density at radius 2 is 1.58 bits per heavy atom. The van der Waals surface area contributed by atoms with Crippen molar-refractivity contribution in [2.75, 3.05) is 7.11 Å². The molecule has 0 saturated heterocycles. The number of hydrogen-bond acceptors (Lipinski definition) is 5. The molecule has 6 nitrogen and oxygen atoms in total. The zero-order chi connectivity index (χ0) is 23.8. The van der Waals surface area contributed by atoms with E-state index in [4.69, 9.17) is 16.3 Å². The highest BCUT2D eigenvalue weighted by Crippen LogP contribution is 2.43. The Labute approximate surface area is 197 Å². The van der Waals surface area contributed by atoms with Crippen LogP contribution < -0.4 is 4.74 Å². The lowest BCUT2D eigenvalue weighted by Crippen LogP contribution is -2.30. The van der Waals surface area contributed by atoms with Crippen LogP contribution in [0.15, 0.2) is 88.4 Å². The normalized spacial score (nSPS) is 16.4. The molecule has 3 aromatic carbocycles. The first kappa shape index (κ1) is 22.9. The quantitative estimate of drug-likeness (QED) is 0.534. The fraction of sp³-hybridized carbons (Fsp3) is 0.160. The van der Waals surface area contributed by atoms with Crippen molar-refractivity contribution in [2.45, 2.75) is 24.4 Å². The van der Waals surface area contributed by atoms with E-state index in [-0.39, 0.29) is 16.3 Å². The van der Waals surface area contributed by atoms with Crippen LogP contribution >= 0.6 is 11.6 Å². The maximum Gasteiger partial charge on any atom is 0.290 e. The van der Waals surface area contributed by atoms with Crippen LogP contribution in [0, 0.1) is 6.92 Å². The van der Waals surface area contributed by atoms with Crippen molar-refractivity contribution in [3.05, 3.63) is 105 Å². The second kappa shape index (κ2) is 8.92. The molecule has 1 amide bonds. The number of benzene rings is 3. The van der Waals surface area contributed by atoms with E-state index in [0.717, 1.165) is 11.1 Å². The highest BCUT2D eigenvalue weighted by Gasteiger charge is 2.46. The number of sulfone groups is 1. The third-order valence-corrected chi connectivity index (χ3v) is 7.72. The number of aliphatic hydroxyl groups excluding tert-OH is 1. The average Bonchev–Trinajstić information content (AvgIpc) is 3.06. The van der Waals surface area contributed by atoms with E-state index in [1.807, 2.05) is 19.1 Å². The predicted octanol–water partition coefficient (Wildman–Crippen LogP) is 4.98. The van der Waals surface area contributed by atoms with Gasteiger partial charge >= 0.3 is 0 Å². The van der Waals surface area contributed by atoms with Crippen LogP contribution in [-0.2, 0) is 21.2 Å². The first-order valence-corrected chi connectivity index (χ1v) is 12.0. The number of ether oxygens (including phenoxy) is 1. The lowest BCUT2D eigenvalue weighted by molar-refractivity contribution is -0.130. The van der Waals surface area contributed by atoms with Gasteiger partial charge in [-0.25, -0.2) is 8.42 Å². The molecule has 0 spiro atoms. The van der Waals surface area contributed by atoms with Gasteiger partial charge in [-0.3, -0.25) is 4.79 Å². The van der Waals surface area contributed by atoms with E-state index in [1.165, 1.54) is 29.2 Å². The van der Waals surface area contributed by atoms with Crippen LogP contribution in [0.4, 0.5) is 0 Å². The second-order valence-electron chi connectivity index (χ2n) is 7.76. The minimum Gasteiger partial charge on any atom is -0.502 e. The number of halogens is 1. The van der Waals surface area contributed by atoms with E-state index in [1.54, 1.807) is 43.5 Å². The van der Waals surface area contributed by atoms with Crippen LogP contribution in [0.3, 0.4) is 0 Å². The number of amides is 1. The molecule has 8 heteroatoms. The van der Waals surface area contributed by atoms with Crippen molar-refractivity contribution in [2.24, 2.45) is 0 Å². The first-order chi connectivity index (χ1) is 15.7. The topological polar surface area (TPSA) is 83.9 Å². The van der Waals surface area contributed by atoms with Crippen molar-refractivity contribution >= 4 is 27.3 Å². The molecule has 0 aliphatic carbocycles.